The minimum absolute atomic E-state index is 0.0862. The van der Waals surface area contributed by atoms with E-state index in [1.54, 1.807) is 32.2 Å². The maximum Gasteiger partial charge on any atom is 0.419 e. The molecule has 0 bridgehead atoms. The van der Waals surface area contributed by atoms with Gasteiger partial charge in [-0.3, -0.25) is 10.2 Å². The van der Waals surface area contributed by atoms with Crippen molar-refractivity contribution in [1.29, 1.82) is 5.41 Å². The second kappa shape index (κ2) is 10.6. The van der Waals surface area contributed by atoms with E-state index >= 15 is 0 Å². The van der Waals surface area contributed by atoms with Gasteiger partial charge < -0.3 is 15.5 Å². The highest BCUT2D eigenvalue weighted by Gasteiger charge is 2.47. The molecule has 0 radical (unpaired) electrons. The SMILES string of the molecule is CN/C=C(\C(=N)C(=O)N1CC(F)(F)C[C@@H](C)C1CNc1ncc(C(F)(F)F)cn1)c1ccccc1C. The lowest BCUT2D eigenvalue weighted by Crippen LogP contribution is -2.58. The molecule has 2 heterocycles. The average Bonchev–Trinajstić information content (AvgIpc) is 2.80. The Labute approximate surface area is 205 Å². The van der Waals surface area contributed by atoms with Gasteiger partial charge in [-0.25, -0.2) is 18.7 Å². The Morgan fingerprint density at radius 1 is 1.25 bits per heavy atom. The highest BCUT2D eigenvalue weighted by molar-refractivity contribution is 6.54. The number of amides is 1. The van der Waals surface area contributed by atoms with Crippen molar-refractivity contribution >= 4 is 23.1 Å². The van der Waals surface area contributed by atoms with Gasteiger partial charge in [0.1, 0.15) is 5.71 Å². The molecule has 1 aliphatic heterocycles. The smallest absolute Gasteiger partial charge is 0.393 e. The molecule has 1 aromatic heterocycles. The molecule has 1 fully saturated rings. The first-order chi connectivity index (χ1) is 16.8. The van der Waals surface area contributed by atoms with Crippen LogP contribution in [-0.4, -0.2) is 58.6 Å². The molecule has 3 rings (SSSR count). The Kier molecular flexibility index (Phi) is 7.95. The standard InChI is InChI=1S/C24H27F5N6O/c1-14-6-4-5-7-17(14)18(11-31-3)20(30)21(36)35-13-23(25,26)8-15(2)19(35)12-34-22-32-9-16(10-33-22)24(27,28)29/h4-7,9-11,15,19,30-31H,8,12-13H2,1-3H3,(H,32,33,34)/b18-11-,30-20?/t15-,19?/m1/s1. The number of piperidine rings is 1. The third kappa shape index (κ3) is 6.16. The first-order valence-corrected chi connectivity index (χ1v) is 11.2. The van der Waals surface area contributed by atoms with E-state index in [4.69, 9.17) is 5.41 Å². The minimum atomic E-state index is -4.60. The minimum Gasteiger partial charge on any atom is -0.393 e. The van der Waals surface area contributed by atoms with Crippen molar-refractivity contribution in [2.45, 2.75) is 38.4 Å². The summed E-state index contributed by atoms with van der Waals surface area (Å²) in [5.74, 6) is -4.86. The van der Waals surface area contributed by atoms with Crippen LogP contribution in [0.25, 0.3) is 5.57 Å². The molecule has 2 atom stereocenters. The van der Waals surface area contributed by atoms with Crippen LogP contribution in [0.2, 0.25) is 0 Å². The van der Waals surface area contributed by atoms with Crippen molar-refractivity contribution in [3.05, 3.63) is 59.5 Å². The number of hydrogen-bond donors (Lipinski definition) is 3. The molecule has 0 spiro atoms. The average molecular weight is 511 g/mol. The van der Waals surface area contributed by atoms with Gasteiger partial charge in [0, 0.05) is 44.2 Å². The zero-order chi connectivity index (χ0) is 26.7. The van der Waals surface area contributed by atoms with Crippen LogP contribution >= 0.6 is 0 Å². The quantitative estimate of drug-likeness (QED) is 0.380. The van der Waals surface area contributed by atoms with Crippen LogP contribution in [0.5, 0.6) is 0 Å². The van der Waals surface area contributed by atoms with Crippen molar-refractivity contribution in [2.24, 2.45) is 5.92 Å². The molecule has 0 aliphatic carbocycles. The fourth-order valence-electron chi connectivity index (χ4n) is 4.20. The van der Waals surface area contributed by atoms with Gasteiger partial charge in [0.05, 0.1) is 18.2 Å². The van der Waals surface area contributed by atoms with E-state index in [2.05, 4.69) is 20.6 Å². The topological polar surface area (TPSA) is 94.0 Å². The van der Waals surface area contributed by atoms with E-state index in [0.29, 0.717) is 18.0 Å². The Bertz CT molecular complexity index is 1130. The van der Waals surface area contributed by atoms with Gasteiger partial charge in [0.15, 0.2) is 0 Å². The van der Waals surface area contributed by atoms with Crippen molar-refractivity contribution < 1.29 is 26.7 Å². The molecule has 3 N–H and O–H groups in total. The maximum atomic E-state index is 14.5. The predicted octanol–water partition coefficient (Wildman–Crippen LogP) is 4.37. The summed E-state index contributed by atoms with van der Waals surface area (Å²) < 4.78 is 67.3. The van der Waals surface area contributed by atoms with Gasteiger partial charge >= 0.3 is 6.18 Å². The Hall–Kier alpha value is -3.57. The molecule has 7 nitrogen and oxygen atoms in total. The summed E-state index contributed by atoms with van der Waals surface area (Å²) in [6, 6.07) is 6.31. The number of benzene rings is 1. The third-order valence-corrected chi connectivity index (χ3v) is 6.00. The largest absolute Gasteiger partial charge is 0.419 e. The number of aryl methyl sites for hydroxylation is 1. The van der Waals surface area contributed by atoms with Crippen LogP contribution in [0.4, 0.5) is 27.9 Å². The van der Waals surface area contributed by atoms with Crippen LogP contribution in [0.3, 0.4) is 0 Å². The van der Waals surface area contributed by atoms with Crippen molar-refractivity contribution in [2.75, 3.05) is 25.5 Å². The van der Waals surface area contributed by atoms with E-state index in [1.807, 2.05) is 13.0 Å². The first kappa shape index (κ1) is 27.0. The van der Waals surface area contributed by atoms with Gasteiger partial charge in [-0.15, -0.1) is 0 Å². The number of likely N-dealkylation sites (tertiary alicyclic amines) is 1. The lowest BCUT2D eigenvalue weighted by Gasteiger charge is -2.43. The summed E-state index contributed by atoms with van der Waals surface area (Å²) in [5, 5.41) is 14.1. The fraction of sp³-hybridized carbons (Fsp3) is 0.417. The highest BCUT2D eigenvalue weighted by atomic mass is 19.4. The molecule has 1 aromatic carbocycles. The number of aromatic nitrogens is 2. The van der Waals surface area contributed by atoms with Crippen molar-refractivity contribution in [3.8, 4) is 0 Å². The number of alkyl halides is 5. The lowest BCUT2D eigenvalue weighted by atomic mass is 9.87. The number of nitrogens with one attached hydrogen (secondary N) is 3. The number of rotatable bonds is 7. The Morgan fingerprint density at radius 2 is 1.89 bits per heavy atom. The summed E-state index contributed by atoms with van der Waals surface area (Å²) in [6.07, 6.45) is -2.38. The highest BCUT2D eigenvalue weighted by Crippen LogP contribution is 2.35. The van der Waals surface area contributed by atoms with Gasteiger partial charge in [-0.1, -0.05) is 31.2 Å². The lowest BCUT2D eigenvalue weighted by molar-refractivity contribution is -0.145. The van der Waals surface area contributed by atoms with Crippen LogP contribution in [-0.2, 0) is 11.0 Å². The number of hydrogen-bond acceptors (Lipinski definition) is 6. The second-order valence-electron chi connectivity index (χ2n) is 8.75. The molecule has 1 aliphatic rings. The maximum absolute atomic E-state index is 14.5. The van der Waals surface area contributed by atoms with Gasteiger partial charge in [-0.05, 0) is 24.0 Å². The van der Waals surface area contributed by atoms with Gasteiger partial charge in [0.2, 0.25) is 5.95 Å². The van der Waals surface area contributed by atoms with Crippen LogP contribution in [0.1, 0.15) is 30.0 Å². The third-order valence-electron chi connectivity index (χ3n) is 6.00. The van der Waals surface area contributed by atoms with E-state index in [-0.39, 0.29) is 18.1 Å². The summed E-state index contributed by atoms with van der Waals surface area (Å²) in [7, 11) is 1.60. The Morgan fingerprint density at radius 3 is 2.47 bits per heavy atom. The molecular formula is C24H27F5N6O. The molecule has 36 heavy (non-hydrogen) atoms. The van der Waals surface area contributed by atoms with Crippen LogP contribution in [0, 0.1) is 18.3 Å². The molecule has 2 aromatic rings. The number of nitrogens with zero attached hydrogens (tertiary/aromatic N) is 3. The molecule has 0 saturated carbocycles. The summed E-state index contributed by atoms with van der Waals surface area (Å²) in [4.78, 5) is 21.7. The van der Waals surface area contributed by atoms with Crippen molar-refractivity contribution in [1.82, 2.24) is 20.2 Å². The molecule has 1 amide bonds. The molecule has 1 unspecified atom stereocenters. The normalized spacial score (nSPS) is 20.1. The molecule has 194 valence electrons. The Balaban J connectivity index is 1.85. The molecular weight excluding hydrogens is 483 g/mol. The summed E-state index contributed by atoms with van der Waals surface area (Å²) in [6.45, 7) is 2.39. The second-order valence-corrected chi connectivity index (χ2v) is 8.75. The summed E-state index contributed by atoms with van der Waals surface area (Å²) in [5.41, 5.74) is 0.171. The van der Waals surface area contributed by atoms with Gasteiger partial charge in [-0.2, -0.15) is 13.2 Å². The van der Waals surface area contributed by atoms with E-state index in [9.17, 15) is 26.7 Å². The predicted molar refractivity (Wildman–Crippen MR) is 126 cm³/mol. The monoisotopic (exact) mass is 510 g/mol. The van der Waals surface area contributed by atoms with E-state index in [0.717, 1.165) is 10.5 Å². The van der Waals surface area contributed by atoms with E-state index in [1.165, 1.54) is 6.20 Å². The first-order valence-electron chi connectivity index (χ1n) is 11.2. The van der Waals surface area contributed by atoms with Gasteiger partial charge in [0.25, 0.3) is 11.8 Å². The van der Waals surface area contributed by atoms with Crippen LogP contribution in [0.15, 0.2) is 42.9 Å². The van der Waals surface area contributed by atoms with Crippen LogP contribution < -0.4 is 10.6 Å². The molecule has 1 saturated heterocycles. The zero-order valence-electron chi connectivity index (χ0n) is 20.0. The molecule has 12 heteroatoms. The number of halogens is 5. The fourth-order valence-corrected chi connectivity index (χ4v) is 4.20. The zero-order valence-corrected chi connectivity index (χ0v) is 20.0. The number of anilines is 1. The number of carbonyl (C=O) groups excluding carboxylic acids is 1. The summed E-state index contributed by atoms with van der Waals surface area (Å²) >= 11 is 0. The van der Waals surface area contributed by atoms with Crippen molar-refractivity contribution in [3.63, 3.8) is 0 Å². The number of carbonyl (C=O) groups is 1. The van der Waals surface area contributed by atoms with E-state index < -0.39 is 54.2 Å².